The number of likely N-dealkylation sites (N-methyl/N-ethyl adjacent to an activating group) is 1. The number of benzene rings is 6. The SMILES string of the molecule is CCc1nc2c(C)cc(-c3cn(CCN(CC)CC)cn3)cc2n1Cc1ccc(-c2ccccc2-c2nnn(C(c3ccccc3)(c3ccccc3)c3ccccc3)n2)cc1. The number of hydrogen-bond acceptors (Lipinski definition) is 6. The smallest absolute Gasteiger partial charge is 0.205 e. The van der Waals surface area contributed by atoms with Crippen molar-refractivity contribution < 1.29 is 0 Å². The minimum absolute atomic E-state index is 0.559. The Hall–Kier alpha value is -6.97. The van der Waals surface area contributed by atoms with Crippen LogP contribution in [0, 0.1) is 6.92 Å². The van der Waals surface area contributed by atoms with E-state index in [1.54, 1.807) is 4.80 Å². The summed E-state index contributed by atoms with van der Waals surface area (Å²) in [6.45, 7) is 13.5. The number of fused-ring (bicyclic) bond motifs is 1. The van der Waals surface area contributed by atoms with Crippen LogP contribution in [0.5, 0.6) is 0 Å². The van der Waals surface area contributed by atoms with Gasteiger partial charge in [0.1, 0.15) is 5.82 Å². The average molecular weight is 802 g/mol. The second kappa shape index (κ2) is 17.3. The Labute approximate surface area is 358 Å². The van der Waals surface area contributed by atoms with Crippen molar-refractivity contribution >= 4 is 11.0 Å². The third kappa shape index (κ3) is 7.57. The van der Waals surface area contributed by atoms with Crippen molar-refractivity contribution in [2.75, 3.05) is 19.6 Å². The summed E-state index contributed by atoms with van der Waals surface area (Å²) in [6.07, 6.45) is 4.96. The maximum Gasteiger partial charge on any atom is 0.205 e. The van der Waals surface area contributed by atoms with Gasteiger partial charge in [-0.2, -0.15) is 0 Å². The summed E-state index contributed by atoms with van der Waals surface area (Å²) in [5.41, 5.74) is 11.9. The molecular formula is C52H51N9. The monoisotopic (exact) mass is 801 g/mol. The second-order valence-corrected chi connectivity index (χ2v) is 15.6. The minimum atomic E-state index is -0.855. The van der Waals surface area contributed by atoms with Crippen molar-refractivity contribution in [3.05, 3.63) is 198 Å². The average Bonchev–Trinajstić information content (AvgIpc) is 4.09. The Morgan fingerprint density at radius 2 is 1.26 bits per heavy atom. The van der Waals surface area contributed by atoms with E-state index in [1.807, 2.05) is 30.6 Å². The van der Waals surface area contributed by atoms with Crippen LogP contribution in [0.15, 0.2) is 164 Å². The van der Waals surface area contributed by atoms with Crippen molar-refractivity contribution in [2.24, 2.45) is 0 Å². The minimum Gasteiger partial charge on any atom is -0.336 e. The van der Waals surface area contributed by atoms with Crippen molar-refractivity contribution in [3.63, 3.8) is 0 Å². The van der Waals surface area contributed by atoms with Gasteiger partial charge in [0.25, 0.3) is 0 Å². The molecule has 0 unspecified atom stereocenters. The van der Waals surface area contributed by atoms with Crippen molar-refractivity contribution in [1.82, 2.24) is 44.2 Å². The Morgan fingerprint density at radius 3 is 1.87 bits per heavy atom. The molecule has 0 saturated heterocycles. The van der Waals surface area contributed by atoms with Gasteiger partial charge >= 0.3 is 0 Å². The highest BCUT2D eigenvalue weighted by Crippen LogP contribution is 2.40. The van der Waals surface area contributed by atoms with E-state index in [4.69, 9.17) is 25.4 Å². The number of rotatable bonds is 15. The van der Waals surface area contributed by atoms with Gasteiger partial charge in [0.05, 0.1) is 23.1 Å². The fourth-order valence-electron chi connectivity index (χ4n) is 8.71. The highest BCUT2D eigenvalue weighted by atomic mass is 15.6. The van der Waals surface area contributed by atoms with Gasteiger partial charge in [0.2, 0.25) is 5.82 Å². The predicted octanol–water partition coefficient (Wildman–Crippen LogP) is 10.3. The molecule has 0 spiro atoms. The Balaban J connectivity index is 1.03. The lowest BCUT2D eigenvalue weighted by atomic mass is 9.77. The first-order chi connectivity index (χ1) is 30.0. The van der Waals surface area contributed by atoms with Gasteiger partial charge in [-0.1, -0.05) is 160 Å². The topological polar surface area (TPSA) is 82.5 Å². The van der Waals surface area contributed by atoms with Crippen LogP contribution >= 0.6 is 0 Å². The summed E-state index contributed by atoms with van der Waals surface area (Å²) in [4.78, 5) is 14.2. The molecule has 6 aromatic carbocycles. The molecule has 0 aliphatic heterocycles. The maximum absolute atomic E-state index is 5.22. The van der Waals surface area contributed by atoms with Crippen LogP contribution in [-0.4, -0.2) is 63.8 Å². The van der Waals surface area contributed by atoms with E-state index >= 15 is 0 Å². The lowest BCUT2D eigenvalue weighted by Crippen LogP contribution is -2.39. The molecule has 0 radical (unpaired) electrons. The summed E-state index contributed by atoms with van der Waals surface area (Å²) in [5, 5.41) is 14.8. The zero-order chi connectivity index (χ0) is 41.8. The molecule has 0 aliphatic rings. The molecule has 0 N–H and O–H groups in total. The molecule has 0 atom stereocenters. The number of nitrogens with zero attached hydrogens (tertiary/aromatic N) is 9. The fraction of sp³-hybridized carbons (Fsp3) is 0.212. The van der Waals surface area contributed by atoms with Crippen molar-refractivity contribution in [2.45, 2.75) is 52.7 Å². The Kier molecular flexibility index (Phi) is 11.2. The number of aromatic nitrogens is 8. The molecule has 3 heterocycles. The highest BCUT2D eigenvalue weighted by molar-refractivity contribution is 5.85. The highest BCUT2D eigenvalue weighted by Gasteiger charge is 2.41. The molecule has 0 fully saturated rings. The predicted molar refractivity (Wildman–Crippen MR) is 245 cm³/mol. The zero-order valence-electron chi connectivity index (χ0n) is 35.4. The largest absolute Gasteiger partial charge is 0.336 e. The molecule has 0 bridgehead atoms. The van der Waals surface area contributed by atoms with Gasteiger partial charge in [-0.15, -0.1) is 15.0 Å². The number of tetrazole rings is 1. The Bertz CT molecular complexity index is 2760. The van der Waals surface area contributed by atoms with Crippen LogP contribution in [0.2, 0.25) is 0 Å². The zero-order valence-corrected chi connectivity index (χ0v) is 35.4. The van der Waals surface area contributed by atoms with E-state index in [0.717, 1.165) is 99.7 Å². The van der Waals surface area contributed by atoms with E-state index in [2.05, 4.69) is 175 Å². The molecule has 3 aromatic heterocycles. The molecule has 304 valence electrons. The first-order valence-electron chi connectivity index (χ1n) is 21.4. The summed E-state index contributed by atoms with van der Waals surface area (Å²) < 4.78 is 4.57. The van der Waals surface area contributed by atoms with Gasteiger partial charge < -0.3 is 14.0 Å². The second-order valence-electron chi connectivity index (χ2n) is 15.6. The first-order valence-corrected chi connectivity index (χ1v) is 21.4. The lowest BCUT2D eigenvalue weighted by Gasteiger charge is -2.34. The summed E-state index contributed by atoms with van der Waals surface area (Å²) >= 11 is 0. The molecular weight excluding hydrogens is 751 g/mol. The van der Waals surface area contributed by atoms with Crippen LogP contribution in [0.3, 0.4) is 0 Å². The summed E-state index contributed by atoms with van der Waals surface area (Å²) in [5.74, 6) is 1.63. The lowest BCUT2D eigenvalue weighted by molar-refractivity contribution is 0.290. The molecule has 9 nitrogen and oxygen atoms in total. The molecule has 0 amide bonds. The molecule has 9 rings (SSSR count). The molecule has 9 heteroatoms. The van der Waals surface area contributed by atoms with Crippen LogP contribution in [-0.2, 0) is 25.0 Å². The van der Waals surface area contributed by atoms with Gasteiger partial charge in [-0.05, 0) is 76.3 Å². The van der Waals surface area contributed by atoms with Gasteiger partial charge in [-0.3, -0.25) is 0 Å². The van der Waals surface area contributed by atoms with Crippen LogP contribution in [0.1, 0.15) is 54.4 Å². The summed E-state index contributed by atoms with van der Waals surface area (Å²) in [6, 6.07) is 53.0. The quantitative estimate of drug-likeness (QED) is 0.0961. The van der Waals surface area contributed by atoms with E-state index in [-0.39, 0.29) is 0 Å². The first kappa shape index (κ1) is 39.5. The van der Waals surface area contributed by atoms with Crippen LogP contribution in [0.4, 0.5) is 0 Å². The molecule has 9 aromatic rings. The molecule has 61 heavy (non-hydrogen) atoms. The number of imidazole rings is 2. The van der Waals surface area contributed by atoms with Crippen LogP contribution in [0.25, 0.3) is 44.8 Å². The van der Waals surface area contributed by atoms with Crippen LogP contribution < -0.4 is 0 Å². The maximum atomic E-state index is 5.22. The third-order valence-corrected chi connectivity index (χ3v) is 12.0. The third-order valence-electron chi connectivity index (χ3n) is 12.0. The van der Waals surface area contributed by atoms with Gasteiger partial charge in [-0.25, -0.2) is 9.97 Å². The van der Waals surface area contributed by atoms with E-state index < -0.39 is 5.54 Å². The van der Waals surface area contributed by atoms with E-state index in [1.165, 1.54) is 5.56 Å². The van der Waals surface area contributed by atoms with Crippen molar-refractivity contribution in [1.29, 1.82) is 0 Å². The fourth-order valence-corrected chi connectivity index (χ4v) is 8.71. The van der Waals surface area contributed by atoms with E-state index in [9.17, 15) is 0 Å². The van der Waals surface area contributed by atoms with Crippen molar-refractivity contribution in [3.8, 4) is 33.8 Å². The molecule has 0 saturated carbocycles. The summed E-state index contributed by atoms with van der Waals surface area (Å²) in [7, 11) is 0. The Morgan fingerprint density at radius 1 is 0.656 bits per heavy atom. The van der Waals surface area contributed by atoms with E-state index in [0.29, 0.717) is 12.4 Å². The molecule has 0 aliphatic carbocycles. The number of hydrogen-bond donors (Lipinski definition) is 0. The standard InChI is InChI=1S/C52H51N9/c1-5-49-54-50-38(4)33-41(47-36-59(37-53-47)32-31-58(6-2)7-3)34-48(50)60(49)35-39-27-29-40(30-28-39)45-25-17-18-26-46(45)51-55-57-61(56-51)52(42-19-11-8-12-20-42,43-21-13-9-14-22-43)44-23-15-10-16-24-44/h8-30,33-34,36-37H,5-7,31-32,35H2,1-4H3. The normalized spacial score (nSPS) is 11.8. The number of aryl methyl sites for hydroxylation is 2. The van der Waals surface area contributed by atoms with Gasteiger partial charge in [0, 0.05) is 43.4 Å². The van der Waals surface area contributed by atoms with Gasteiger partial charge in [0.15, 0.2) is 5.54 Å².